The zero-order chi connectivity index (χ0) is 22.2. The molecule has 0 aliphatic heterocycles. The van der Waals surface area contributed by atoms with Crippen molar-refractivity contribution in [1.82, 2.24) is 4.90 Å². The second-order valence-corrected chi connectivity index (χ2v) is 7.99. The molecule has 0 saturated carbocycles. The fraction of sp³-hybridized carbons (Fsp3) is 0.161. The van der Waals surface area contributed by atoms with Crippen LogP contribution in [0, 0.1) is 0 Å². The number of halogens is 1. The Kier molecular flexibility index (Phi) is 9.06. The minimum atomic E-state index is 0. The van der Waals surface area contributed by atoms with Crippen molar-refractivity contribution in [1.29, 1.82) is 0 Å². The average Bonchev–Trinajstić information content (AvgIpc) is 2.88. The van der Waals surface area contributed by atoms with E-state index in [4.69, 9.17) is 0 Å². The number of rotatable bonds is 8. The predicted octanol–water partition coefficient (Wildman–Crippen LogP) is 8.22. The Bertz CT molecular complexity index is 1040. The number of benzene rings is 4. The molecule has 0 aliphatic rings. The molecule has 0 bridgehead atoms. The van der Waals surface area contributed by atoms with Gasteiger partial charge in [-0.15, -0.1) is 12.4 Å². The summed E-state index contributed by atoms with van der Waals surface area (Å²) in [6.07, 6.45) is 2.38. The molecule has 0 unspecified atom stereocenters. The Hall–Kier alpha value is -3.13. The first-order chi connectivity index (χ1) is 15.8. The van der Waals surface area contributed by atoms with E-state index in [2.05, 4.69) is 134 Å². The normalized spacial score (nSPS) is 10.5. The summed E-state index contributed by atoms with van der Waals surface area (Å²) in [5.41, 5.74) is 8.79. The lowest BCUT2D eigenvalue weighted by molar-refractivity contribution is 0.337. The molecular formula is C31H32ClN. The summed E-state index contributed by atoms with van der Waals surface area (Å²) in [4.78, 5) is 2.44. The van der Waals surface area contributed by atoms with E-state index in [-0.39, 0.29) is 12.4 Å². The first-order valence-corrected chi connectivity index (χ1v) is 11.5. The van der Waals surface area contributed by atoms with Gasteiger partial charge in [0.25, 0.3) is 0 Å². The molecule has 0 atom stereocenters. The van der Waals surface area contributed by atoms with Crippen molar-refractivity contribution in [2.45, 2.75) is 13.8 Å². The lowest BCUT2D eigenvalue weighted by Crippen LogP contribution is -2.22. The average molecular weight is 454 g/mol. The molecule has 4 aromatic carbocycles. The first kappa shape index (κ1) is 24.5. The van der Waals surface area contributed by atoms with Crippen molar-refractivity contribution in [3.8, 4) is 22.3 Å². The van der Waals surface area contributed by atoms with Crippen molar-refractivity contribution in [2.24, 2.45) is 0 Å². The van der Waals surface area contributed by atoms with Crippen LogP contribution in [0.1, 0.15) is 25.0 Å². The number of hydrogen-bond donors (Lipinski definition) is 0. The summed E-state index contributed by atoms with van der Waals surface area (Å²) in [7, 11) is 0. The molecule has 2 heteroatoms. The Morgan fingerprint density at radius 2 is 0.909 bits per heavy atom. The van der Waals surface area contributed by atoms with Crippen LogP contribution in [-0.4, -0.2) is 24.5 Å². The second-order valence-electron chi connectivity index (χ2n) is 7.99. The zero-order valence-corrected chi connectivity index (χ0v) is 20.3. The third kappa shape index (κ3) is 6.22. The van der Waals surface area contributed by atoms with Gasteiger partial charge in [0, 0.05) is 6.54 Å². The molecule has 0 amide bonds. The van der Waals surface area contributed by atoms with Crippen LogP contribution < -0.4 is 0 Å². The maximum Gasteiger partial charge on any atom is 0.0172 e. The highest BCUT2D eigenvalue weighted by molar-refractivity contribution is 5.85. The van der Waals surface area contributed by atoms with Crippen molar-refractivity contribution >= 4 is 18.0 Å². The maximum atomic E-state index is 2.44. The minimum absolute atomic E-state index is 0. The summed E-state index contributed by atoms with van der Waals surface area (Å²) in [6, 6.07) is 39.1. The molecule has 33 heavy (non-hydrogen) atoms. The van der Waals surface area contributed by atoms with E-state index in [0.29, 0.717) is 0 Å². The van der Waals surface area contributed by atoms with Gasteiger partial charge in [0.05, 0.1) is 0 Å². The molecule has 0 fully saturated rings. The van der Waals surface area contributed by atoms with E-state index in [1.165, 1.54) is 39.0 Å². The molecule has 4 aromatic rings. The monoisotopic (exact) mass is 453 g/mol. The van der Waals surface area contributed by atoms with Gasteiger partial charge in [-0.25, -0.2) is 0 Å². The lowest BCUT2D eigenvalue weighted by Gasteiger charge is -2.17. The van der Waals surface area contributed by atoms with E-state index in [1.54, 1.807) is 0 Å². The van der Waals surface area contributed by atoms with Crippen LogP contribution in [-0.2, 0) is 0 Å². The van der Waals surface area contributed by atoms with Gasteiger partial charge < -0.3 is 4.90 Å². The van der Waals surface area contributed by atoms with E-state index in [0.717, 1.165) is 19.6 Å². The topological polar surface area (TPSA) is 3.24 Å². The molecule has 0 spiro atoms. The standard InChI is InChI=1S/C31H31N.ClH/c1-3-32(4-2)24-23-31(29-19-15-27(16-20-29)25-11-7-5-8-12-25)30-21-17-28(18-22-30)26-13-9-6-10-14-26;/h5-23H,3-4,24H2,1-2H3;1H. The van der Waals surface area contributed by atoms with Gasteiger partial charge in [0.1, 0.15) is 0 Å². The second kappa shape index (κ2) is 12.2. The highest BCUT2D eigenvalue weighted by Crippen LogP contribution is 2.29. The molecule has 4 rings (SSSR count). The number of likely N-dealkylation sites (N-methyl/N-ethyl adjacent to an activating group) is 1. The van der Waals surface area contributed by atoms with Crippen LogP contribution in [0.4, 0.5) is 0 Å². The van der Waals surface area contributed by atoms with E-state index < -0.39 is 0 Å². The minimum Gasteiger partial charge on any atom is -0.300 e. The first-order valence-electron chi connectivity index (χ1n) is 11.5. The van der Waals surface area contributed by atoms with Crippen molar-refractivity contribution in [2.75, 3.05) is 19.6 Å². The van der Waals surface area contributed by atoms with Crippen LogP contribution >= 0.6 is 12.4 Å². The van der Waals surface area contributed by atoms with Crippen LogP contribution in [0.2, 0.25) is 0 Å². The fourth-order valence-corrected chi connectivity index (χ4v) is 4.05. The highest BCUT2D eigenvalue weighted by atomic mass is 35.5. The van der Waals surface area contributed by atoms with E-state index in [9.17, 15) is 0 Å². The maximum absolute atomic E-state index is 2.44. The predicted molar refractivity (Wildman–Crippen MR) is 146 cm³/mol. The van der Waals surface area contributed by atoms with Gasteiger partial charge in [0.2, 0.25) is 0 Å². The molecular weight excluding hydrogens is 422 g/mol. The van der Waals surface area contributed by atoms with Gasteiger partial charge in [0.15, 0.2) is 0 Å². The van der Waals surface area contributed by atoms with Gasteiger partial charge >= 0.3 is 0 Å². The third-order valence-corrected chi connectivity index (χ3v) is 6.05. The van der Waals surface area contributed by atoms with Gasteiger partial charge in [-0.3, -0.25) is 0 Å². The third-order valence-electron chi connectivity index (χ3n) is 6.05. The molecule has 0 N–H and O–H groups in total. The largest absolute Gasteiger partial charge is 0.300 e. The van der Waals surface area contributed by atoms with Crippen LogP contribution in [0.15, 0.2) is 115 Å². The van der Waals surface area contributed by atoms with Crippen LogP contribution in [0.25, 0.3) is 27.8 Å². The summed E-state index contributed by atoms with van der Waals surface area (Å²) < 4.78 is 0. The van der Waals surface area contributed by atoms with Gasteiger partial charge in [-0.1, -0.05) is 129 Å². The SMILES string of the molecule is CCN(CC)CC=C(c1ccc(-c2ccccc2)cc1)c1ccc(-c2ccccc2)cc1.Cl. The summed E-state index contributed by atoms with van der Waals surface area (Å²) >= 11 is 0. The number of hydrogen-bond acceptors (Lipinski definition) is 1. The van der Waals surface area contributed by atoms with Crippen LogP contribution in [0.3, 0.4) is 0 Å². The summed E-state index contributed by atoms with van der Waals surface area (Å²) in [5, 5.41) is 0. The molecule has 0 aliphatic carbocycles. The zero-order valence-electron chi connectivity index (χ0n) is 19.4. The lowest BCUT2D eigenvalue weighted by atomic mass is 9.93. The molecule has 1 nitrogen and oxygen atoms in total. The fourth-order valence-electron chi connectivity index (χ4n) is 4.05. The van der Waals surface area contributed by atoms with Crippen LogP contribution in [0.5, 0.6) is 0 Å². The van der Waals surface area contributed by atoms with E-state index >= 15 is 0 Å². The van der Waals surface area contributed by atoms with Crippen molar-refractivity contribution in [3.05, 3.63) is 126 Å². The molecule has 0 radical (unpaired) electrons. The molecule has 168 valence electrons. The Morgan fingerprint density at radius 3 is 1.27 bits per heavy atom. The van der Waals surface area contributed by atoms with Gasteiger partial charge in [-0.05, 0) is 52.0 Å². The molecule has 0 saturated heterocycles. The number of nitrogens with zero attached hydrogens (tertiary/aromatic N) is 1. The summed E-state index contributed by atoms with van der Waals surface area (Å²) in [6.45, 7) is 7.50. The Morgan fingerprint density at radius 1 is 0.545 bits per heavy atom. The highest BCUT2D eigenvalue weighted by Gasteiger charge is 2.08. The molecule has 0 heterocycles. The summed E-state index contributed by atoms with van der Waals surface area (Å²) in [5.74, 6) is 0. The molecule has 0 aromatic heterocycles. The van der Waals surface area contributed by atoms with Crippen molar-refractivity contribution in [3.63, 3.8) is 0 Å². The Balaban J connectivity index is 0.00000306. The van der Waals surface area contributed by atoms with Gasteiger partial charge in [-0.2, -0.15) is 0 Å². The smallest absolute Gasteiger partial charge is 0.0172 e. The quantitative estimate of drug-likeness (QED) is 0.259. The van der Waals surface area contributed by atoms with Crippen molar-refractivity contribution < 1.29 is 0 Å². The Labute approximate surface area is 204 Å². The van der Waals surface area contributed by atoms with E-state index in [1.807, 2.05) is 0 Å².